The van der Waals surface area contributed by atoms with Crippen LogP contribution in [0.5, 0.6) is 0 Å². The molecule has 0 N–H and O–H groups in total. The number of hydrogen-bond donors (Lipinski definition) is 1. The lowest BCUT2D eigenvalue weighted by molar-refractivity contribution is 0.564. The summed E-state index contributed by atoms with van der Waals surface area (Å²) in [6, 6.07) is 1.92. The highest BCUT2D eigenvalue weighted by atomic mass is 32.1. The second kappa shape index (κ2) is 4.46. The van der Waals surface area contributed by atoms with Gasteiger partial charge in [0.25, 0.3) is 0 Å². The summed E-state index contributed by atoms with van der Waals surface area (Å²) in [5.74, 6) is 0.631. The Labute approximate surface area is 89.8 Å². The van der Waals surface area contributed by atoms with Crippen LogP contribution in [-0.4, -0.2) is 9.97 Å². The summed E-state index contributed by atoms with van der Waals surface area (Å²) in [5.41, 5.74) is 1.04. The molecule has 0 aliphatic carbocycles. The van der Waals surface area contributed by atoms with Gasteiger partial charge in [0.1, 0.15) is 6.26 Å². The molecule has 0 spiro atoms. The second-order valence-electron chi connectivity index (χ2n) is 3.96. The van der Waals surface area contributed by atoms with E-state index < -0.39 is 0 Å². The molecule has 76 valence electrons. The SMILES string of the molecule is CC(C)(C)c1ccnc(/C=C/OS)n1. The molecule has 0 aliphatic rings. The van der Waals surface area contributed by atoms with Gasteiger partial charge >= 0.3 is 0 Å². The van der Waals surface area contributed by atoms with Crippen molar-refractivity contribution < 1.29 is 4.18 Å². The van der Waals surface area contributed by atoms with Crippen LogP contribution >= 0.6 is 12.9 Å². The van der Waals surface area contributed by atoms with Gasteiger partial charge in [-0.2, -0.15) is 0 Å². The number of nitrogens with zero attached hydrogens (tertiary/aromatic N) is 2. The molecule has 0 saturated heterocycles. The van der Waals surface area contributed by atoms with Gasteiger partial charge in [0.15, 0.2) is 5.82 Å². The van der Waals surface area contributed by atoms with E-state index in [9.17, 15) is 0 Å². The maximum Gasteiger partial charge on any atom is 0.155 e. The van der Waals surface area contributed by atoms with Crippen LogP contribution < -0.4 is 0 Å². The molecule has 1 rings (SSSR count). The quantitative estimate of drug-likeness (QED) is 0.463. The molecule has 0 bridgehead atoms. The largest absolute Gasteiger partial charge is 0.436 e. The number of thiol groups is 1. The highest BCUT2D eigenvalue weighted by molar-refractivity contribution is 7.75. The van der Waals surface area contributed by atoms with Crippen LogP contribution in [0.2, 0.25) is 0 Å². The molecule has 4 heteroatoms. The van der Waals surface area contributed by atoms with Gasteiger partial charge in [0.2, 0.25) is 0 Å². The Morgan fingerprint density at radius 3 is 2.71 bits per heavy atom. The Morgan fingerprint density at radius 1 is 1.43 bits per heavy atom. The average molecular weight is 210 g/mol. The first kappa shape index (κ1) is 11.0. The first-order valence-corrected chi connectivity index (χ1v) is 4.71. The first-order chi connectivity index (χ1) is 6.54. The molecule has 0 saturated carbocycles. The van der Waals surface area contributed by atoms with Gasteiger partial charge in [0.05, 0.1) is 0 Å². The Morgan fingerprint density at radius 2 is 2.14 bits per heavy atom. The zero-order chi connectivity index (χ0) is 10.6. The van der Waals surface area contributed by atoms with Crippen LogP contribution in [-0.2, 0) is 9.60 Å². The van der Waals surface area contributed by atoms with E-state index in [0.717, 1.165) is 5.69 Å². The summed E-state index contributed by atoms with van der Waals surface area (Å²) in [4.78, 5) is 8.45. The van der Waals surface area contributed by atoms with Crippen LogP contribution in [0.4, 0.5) is 0 Å². The van der Waals surface area contributed by atoms with Crippen LogP contribution in [0.3, 0.4) is 0 Å². The fourth-order valence-corrected chi connectivity index (χ4v) is 1.02. The number of hydrogen-bond acceptors (Lipinski definition) is 4. The molecule has 1 heterocycles. The third-order valence-electron chi connectivity index (χ3n) is 1.72. The third kappa shape index (κ3) is 3.03. The highest BCUT2D eigenvalue weighted by Crippen LogP contribution is 2.19. The summed E-state index contributed by atoms with van der Waals surface area (Å²) < 4.78 is 4.51. The smallest absolute Gasteiger partial charge is 0.155 e. The van der Waals surface area contributed by atoms with E-state index in [2.05, 4.69) is 47.8 Å². The normalized spacial score (nSPS) is 12.0. The van der Waals surface area contributed by atoms with E-state index in [0.29, 0.717) is 5.82 Å². The summed E-state index contributed by atoms with van der Waals surface area (Å²) in [5, 5.41) is 0. The second-order valence-corrected chi connectivity index (χ2v) is 4.17. The minimum Gasteiger partial charge on any atom is -0.436 e. The lowest BCUT2D eigenvalue weighted by Gasteiger charge is -2.17. The number of rotatable bonds is 2. The minimum atomic E-state index is 0.0351. The molecule has 0 atom stereocenters. The van der Waals surface area contributed by atoms with Gasteiger partial charge in [0, 0.05) is 36.3 Å². The van der Waals surface area contributed by atoms with Crippen molar-refractivity contribution in [3.05, 3.63) is 30.0 Å². The summed E-state index contributed by atoms with van der Waals surface area (Å²) in [6.07, 6.45) is 4.85. The molecule has 1 aromatic rings. The highest BCUT2D eigenvalue weighted by Gasteiger charge is 2.15. The van der Waals surface area contributed by atoms with E-state index in [4.69, 9.17) is 0 Å². The molecular formula is C10H14N2OS. The molecule has 0 aromatic carbocycles. The van der Waals surface area contributed by atoms with Crippen molar-refractivity contribution in [2.45, 2.75) is 26.2 Å². The Kier molecular flexibility index (Phi) is 3.52. The molecule has 0 aliphatic heterocycles. The lowest BCUT2D eigenvalue weighted by Crippen LogP contribution is -2.14. The third-order valence-corrected chi connectivity index (χ3v) is 1.84. The fraction of sp³-hybridized carbons (Fsp3) is 0.400. The summed E-state index contributed by atoms with van der Waals surface area (Å²) in [6.45, 7) is 6.33. The van der Waals surface area contributed by atoms with Crippen LogP contribution in [0.15, 0.2) is 18.5 Å². The molecule has 0 unspecified atom stereocenters. The Bertz CT molecular complexity index is 331. The number of aromatic nitrogens is 2. The van der Waals surface area contributed by atoms with Crippen molar-refractivity contribution in [3.8, 4) is 0 Å². The zero-order valence-electron chi connectivity index (χ0n) is 8.56. The monoisotopic (exact) mass is 210 g/mol. The average Bonchev–Trinajstić information content (AvgIpc) is 2.14. The van der Waals surface area contributed by atoms with Crippen molar-refractivity contribution in [3.63, 3.8) is 0 Å². The van der Waals surface area contributed by atoms with E-state index in [-0.39, 0.29) is 5.41 Å². The molecule has 3 nitrogen and oxygen atoms in total. The topological polar surface area (TPSA) is 35.0 Å². The van der Waals surface area contributed by atoms with Crippen molar-refractivity contribution in [2.24, 2.45) is 0 Å². The van der Waals surface area contributed by atoms with Gasteiger partial charge in [-0.1, -0.05) is 20.8 Å². The predicted molar refractivity (Wildman–Crippen MR) is 59.8 cm³/mol. The van der Waals surface area contributed by atoms with Gasteiger partial charge in [-0.3, -0.25) is 0 Å². The Hall–Kier alpha value is -1.03. The maximum atomic E-state index is 4.51. The van der Waals surface area contributed by atoms with Crippen molar-refractivity contribution in [2.75, 3.05) is 0 Å². The van der Waals surface area contributed by atoms with E-state index in [1.165, 1.54) is 6.26 Å². The molecule has 1 aromatic heterocycles. The summed E-state index contributed by atoms with van der Waals surface area (Å²) in [7, 11) is 0. The molecule has 0 radical (unpaired) electrons. The van der Waals surface area contributed by atoms with E-state index in [1.54, 1.807) is 12.3 Å². The molecule has 14 heavy (non-hydrogen) atoms. The lowest BCUT2D eigenvalue weighted by atomic mass is 9.92. The molecular weight excluding hydrogens is 196 g/mol. The summed E-state index contributed by atoms with van der Waals surface area (Å²) >= 11 is 3.59. The van der Waals surface area contributed by atoms with Gasteiger partial charge in [-0.25, -0.2) is 9.97 Å². The first-order valence-electron chi connectivity index (χ1n) is 4.34. The zero-order valence-corrected chi connectivity index (χ0v) is 9.45. The molecule has 0 amide bonds. The van der Waals surface area contributed by atoms with Crippen molar-refractivity contribution >= 4 is 19.0 Å². The minimum absolute atomic E-state index is 0.0351. The van der Waals surface area contributed by atoms with E-state index >= 15 is 0 Å². The van der Waals surface area contributed by atoms with Gasteiger partial charge in [-0.05, 0) is 6.07 Å². The fourth-order valence-electron chi connectivity index (χ4n) is 0.963. The van der Waals surface area contributed by atoms with Crippen molar-refractivity contribution in [1.29, 1.82) is 0 Å². The molecule has 0 fully saturated rings. The van der Waals surface area contributed by atoms with Crippen LogP contribution in [0.25, 0.3) is 6.08 Å². The van der Waals surface area contributed by atoms with E-state index in [1.807, 2.05) is 6.07 Å². The van der Waals surface area contributed by atoms with Crippen LogP contribution in [0, 0.1) is 0 Å². The standard InChI is InChI=1S/C10H14N2OS/c1-10(2,3)8-4-6-11-9(12-8)5-7-13-14/h4-7,14H,1-3H3/b7-5+. The van der Waals surface area contributed by atoms with Gasteiger partial charge in [-0.15, -0.1) is 0 Å². The van der Waals surface area contributed by atoms with Crippen LogP contribution in [0.1, 0.15) is 32.3 Å². The van der Waals surface area contributed by atoms with Crippen molar-refractivity contribution in [1.82, 2.24) is 9.97 Å². The Balaban J connectivity index is 2.96. The van der Waals surface area contributed by atoms with Gasteiger partial charge < -0.3 is 4.18 Å². The maximum absolute atomic E-state index is 4.51. The predicted octanol–water partition coefficient (Wildman–Crippen LogP) is 2.61.